The molecule has 118 valence electrons. The van der Waals surface area contributed by atoms with Gasteiger partial charge in [0, 0.05) is 6.20 Å². The second kappa shape index (κ2) is 4.92. The molecule has 2 fully saturated rings. The van der Waals surface area contributed by atoms with Gasteiger partial charge >= 0.3 is 12.8 Å². The lowest BCUT2D eigenvalue weighted by molar-refractivity contribution is -0.384. The molecule has 1 saturated heterocycles. The van der Waals surface area contributed by atoms with Crippen LogP contribution in [0.25, 0.3) is 0 Å². The highest BCUT2D eigenvalue weighted by atomic mass is 16.7. The van der Waals surface area contributed by atoms with Crippen molar-refractivity contribution in [2.75, 3.05) is 0 Å². The molecular formula is C14H19BN2O5. The molecule has 1 aromatic rings. The Balaban J connectivity index is 1.98. The maximum absolute atomic E-state index is 11.5. The van der Waals surface area contributed by atoms with Crippen molar-refractivity contribution in [2.45, 2.75) is 57.8 Å². The van der Waals surface area contributed by atoms with Crippen molar-refractivity contribution in [1.82, 2.24) is 4.98 Å². The van der Waals surface area contributed by atoms with Crippen molar-refractivity contribution in [3.8, 4) is 5.75 Å². The third-order valence-electron chi connectivity index (χ3n) is 4.42. The number of rotatable bonds is 4. The van der Waals surface area contributed by atoms with Gasteiger partial charge in [-0.2, -0.15) is 0 Å². The number of aromatic nitrogens is 1. The summed E-state index contributed by atoms with van der Waals surface area (Å²) < 4.78 is 17.4. The molecule has 8 heteroatoms. The first kappa shape index (κ1) is 15.2. The lowest BCUT2D eigenvalue weighted by atomic mass is 9.79. The van der Waals surface area contributed by atoms with Gasteiger partial charge in [0.2, 0.25) is 5.75 Å². The fourth-order valence-corrected chi connectivity index (χ4v) is 2.24. The molecule has 22 heavy (non-hydrogen) atoms. The molecular weight excluding hydrogens is 287 g/mol. The molecule has 0 radical (unpaired) electrons. The molecule has 0 bridgehead atoms. The summed E-state index contributed by atoms with van der Waals surface area (Å²) in [6, 6.07) is 0. The first-order valence-electron chi connectivity index (χ1n) is 7.36. The fourth-order valence-electron chi connectivity index (χ4n) is 2.24. The summed E-state index contributed by atoms with van der Waals surface area (Å²) in [6.45, 7) is 7.60. The molecule has 1 aromatic heterocycles. The molecule has 0 spiro atoms. The van der Waals surface area contributed by atoms with E-state index >= 15 is 0 Å². The van der Waals surface area contributed by atoms with Crippen molar-refractivity contribution in [2.24, 2.45) is 0 Å². The van der Waals surface area contributed by atoms with Gasteiger partial charge in [-0.3, -0.25) is 15.1 Å². The van der Waals surface area contributed by atoms with Crippen LogP contribution in [0.2, 0.25) is 0 Å². The monoisotopic (exact) mass is 306 g/mol. The summed E-state index contributed by atoms with van der Waals surface area (Å²) in [6.07, 6.45) is 4.68. The Morgan fingerprint density at radius 3 is 2.36 bits per heavy atom. The zero-order valence-electron chi connectivity index (χ0n) is 13.2. The van der Waals surface area contributed by atoms with Crippen LogP contribution in [0.4, 0.5) is 5.69 Å². The second-order valence-electron chi connectivity index (χ2n) is 6.74. The van der Waals surface area contributed by atoms with E-state index < -0.39 is 23.2 Å². The first-order chi connectivity index (χ1) is 10.2. The number of hydrogen-bond donors (Lipinski definition) is 0. The average molecular weight is 306 g/mol. The van der Waals surface area contributed by atoms with E-state index in [1.165, 1.54) is 12.4 Å². The summed E-state index contributed by atoms with van der Waals surface area (Å²) in [5.41, 5.74) is -0.972. The molecule has 2 aliphatic rings. The lowest BCUT2D eigenvalue weighted by Crippen LogP contribution is -2.41. The highest BCUT2D eigenvalue weighted by molar-refractivity contribution is 6.63. The quantitative estimate of drug-likeness (QED) is 0.479. The van der Waals surface area contributed by atoms with Gasteiger partial charge in [0.25, 0.3) is 0 Å². The van der Waals surface area contributed by atoms with Gasteiger partial charge in [0.15, 0.2) is 0 Å². The SMILES string of the molecule is CC1(C)OB(c2cncc(OC3CC3)c2[N+](=O)[O-])OC1(C)C. The molecule has 0 aromatic carbocycles. The van der Waals surface area contributed by atoms with Gasteiger partial charge in [0.05, 0.1) is 33.9 Å². The van der Waals surface area contributed by atoms with Gasteiger partial charge in [-0.1, -0.05) is 0 Å². The second-order valence-corrected chi connectivity index (χ2v) is 6.74. The summed E-state index contributed by atoms with van der Waals surface area (Å²) >= 11 is 0. The number of nitrogens with zero attached hydrogens (tertiary/aromatic N) is 2. The molecule has 1 saturated carbocycles. The Labute approximate surface area is 129 Å². The normalized spacial score (nSPS) is 22.6. The highest BCUT2D eigenvalue weighted by Gasteiger charge is 2.54. The highest BCUT2D eigenvalue weighted by Crippen LogP contribution is 2.38. The zero-order chi connectivity index (χ0) is 16.1. The van der Waals surface area contributed by atoms with E-state index in [4.69, 9.17) is 14.0 Å². The minimum Gasteiger partial charge on any atom is -0.482 e. The van der Waals surface area contributed by atoms with Gasteiger partial charge in [-0.15, -0.1) is 0 Å². The smallest absolute Gasteiger partial charge is 0.482 e. The van der Waals surface area contributed by atoms with E-state index in [2.05, 4.69) is 4.98 Å². The topological polar surface area (TPSA) is 83.7 Å². The van der Waals surface area contributed by atoms with Crippen molar-refractivity contribution in [1.29, 1.82) is 0 Å². The van der Waals surface area contributed by atoms with E-state index in [1.54, 1.807) is 0 Å². The van der Waals surface area contributed by atoms with Crippen LogP contribution in [0.5, 0.6) is 5.75 Å². The summed E-state index contributed by atoms with van der Waals surface area (Å²) in [5, 5.41) is 11.5. The summed E-state index contributed by atoms with van der Waals surface area (Å²) in [7, 11) is -0.833. The third kappa shape index (κ3) is 2.57. The summed E-state index contributed by atoms with van der Waals surface area (Å²) in [5.74, 6) is 0.180. The molecule has 1 aliphatic carbocycles. The summed E-state index contributed by atoms with van der Waals surface area (Å²) in [4.78, 5) is 15.1. The predicted molar refractivity (Wildman–Crippen MR) is 80.3 cm³/mol. The van der Waals surface area contributed by atoms with E-state index in [9.17, 15) is 10.1 Å². The molecule has 1 aliphatic heterocycles. The van der Waals surface area contributed by atoms with Crippen LogP contribution in [0, 0.1) is 10.1 Å². The third-order valence-corrected chi connectivity index (χ3v) is 4.42. The van der Waals surface area contributed by atoms with E-state index in [-0.39, 0.29) is 17.5 Å². The Morgan fingerprint density at radius 1 is 1.27 bits per heavy atom. The molecule has 0 atom stereocenters. The van der Waals surface area contributed by atoms with Crippen molar-refractivity contribution < 1.29 is 19.0 Å². The van der Waals surface area contributed by atoms with Crippen LogP contribution in [-0.4, -0.2) is 34.3 Å². The largest absolute Gasteiger partial charge is 0.503 e. The van der Waals surface area contributed by atoms with Crippen LogP contribution >= 0.6 is 0 Å². The van der Waals surface area contributed by atoms with Gasteiger partial charge in [-0.05, 0) is 40.5 Å². The minimum atomic E-state index is -0.833. The molecule has 7 nitrogen and oxygen atoms in total. The zero-order valence-corrected chi connectivity index (χ0v) is 13.2. The lowest BCUT2D eigenvalue weighted by Gasteiger charge is -2.32. The maximum Gasteiger partial charge on any atom is 0.503 e. The standard InChI is InChI=1S/C14H19BN2O5/c1-13(2)14(3,4)22-15(21-13)10-7-16-8-11(12(10)17(18)19)20-9-5-6-9/h7-9H,5-6H2,1-4H3. The molecule has 3 rings (SSSR count). The van der Waals surface area contributed by atoms with E-state index in [1.807, 2.05) is 27.7 Å². The minimum absolute atomic E-state index is 0.0500. The van der Waals surface area contributed by atoms with Crippen molar-refractivity contribution in [3.63, 3.8) is 0 Å². The fraction of sp³-hybridized carbons (Fsp3) is 0.643. The van der Waals surface area contributed by atoms with E-state index in [0.717, 1.165) is 12.8 Å². The van der Waals surface area contributed by atoms with Gasteiger partial charge in [0.1, 0.15) is 0 Å². The van der Waals surface area contributed by atoms with Gasteiger partial charge < -0.3 is 14.0 Å². The molecule has 0 amide bonds. The van der Waals surface area contributed by atoms with Crippen molar-refractivity contribution >= 4 is 18.3 Å². The first-order valence-corrected chi connectivity index (χ1v) is 7.36. The van der Waals surface area contributed by atoms with Crippen LogP contribution in [0.15, 0.2) is 12.4 Å². The maximum atomic E-state index is 11.5. The Kier molecular flexibility index (Phi) is 3.41. The Hall–Kier alpha value is -1.67. The number of hydrogen-bond acceptors (Lipinski definition) is 6. The molecule has 0 unspecified atom stereocenters. The molecule has 2 heterocycles. The number of nitro groups is 1. The average Bonchev–Trinajstić information content (AvgIpc) is 3.16. The van der Waals surface area contributed by atoms with E-state index in [0.29, 0.717) is 5.46 Å². The van der Waals surface area contributed by atoms with Crippen LogP contribution < -0.4 is 10.2 Å². The van der Waals surface area contributed by atoms with Crippen molar-refractivity contribution in [3.05, 3.63) is 22.5 Å². The number of ether oxygens (including phenoxy) is 1. The Morgan fingerprint density at radius 2 is 1.86 bits per heavy atom. The Bertz CT molecular complexity index is 599. The van der Waals surface area contributed by atoms with Gasteiger partial charge in [-0.25, -0.2) is 0 Å². The van der Waals surface area contributed by atoms with Crippen LogP contribution in [0.1, 0.15) is 40.5 Å². The molecule has 0 N–H and O–H groups in total. The van der Waals surface area contributed by atoms with Crippen LogP contribution in [0.3, 0.4) is 0 Å². The number of pyridine rings is 1. The van der Waals surface area contributed by atoms with Crippen LogP contribution in [-0.2, 0) is 9.31 Å². The predicted octanol–water partition coefficient (Wildman–Crippen LogP) is 1.83.